The van der Waals surface area contributed by atoms with Gasteiger partial charge < -0.3 is 15.8 Å². The topological polar surface area (TPSA) is 77.2 Å². The Labute approximate surface area is 129 Å². The smallest absolute Gasteiger partial charge is 0.227 e. The summed E-state index contributed by atoms with van der Waals surface area (Å²) >= 11 is 0. The molecule has 114 valence electrons. The molecule has 0 radical (unpaired) electrons. The number of hydrogen-bond donors (Lipinski definition) is 2. The zero-order valence-electron chi connectivity index (χ0n) is 12.2. The maximum atomic E-state index is 12.2. The molecule has 5 nitrogen and oxygen atoms in total. The molecule has 1 aromatic carbocycles. The minimum Gasteiger partial charge on any atom is -0.457 e. The quantitative estimate of drug-likeness (QED) is 0.909. The predicted octanol–water partition coefficient (Wildman–Crippen LogP) is 2.94. The molecular formula is C17H19N3O2. The van der Waals surface area contributed by atoms with Crippen LogP contribution in [-0.2, 0) is 4.79 Å². The number of pyridine rings is 1. The van der Waals surface area contributed by atoms with E-state index in [0.29, 0.717) is 11.5 Å². The SMILES string of the molecule is NC1CCC(C(=O)Nc2cccc(Oc3ccncc3)c2)C1. The van der Waals surface area contributed by atoms with E-state index >= 15 is 0 Å². The molecule has 1 aliphatic carbocycles. The van der Waals surface area contributed by atoms with E-state index in [0.717, 1.165) is 24.9 Å². The van der Waals surface area contributed by atoms with Crippen LogP contribution >= 0.6 is 0 Å². The van der Waals surface area contributed by atoms with E-state index in [-0.39, 0.29) is 17.9 Å². The molecule has 5 heteroatoms. The fourth-order valence-electron chi connectivity index (χ4n) is 2.68. The number of nitrogens with two attached hydrogens (primary N) is 1. The Kier molecular flexibility index (Phi) is 4.34. The Morgan fingerprint density at radius 1 is 1.18 bits per heavy atom. The Hall–Kier alpha value is -2.40. The van der Waals surface area contributed by atoms with Crippen molar-refractivity contribution in [2.24, 2.45) is 11.7 Å². The zero-order chi connectivity index (χ0) is 15.4. The van der Waals surface area contributed by atoms with Crippen LogP contribution in [0.3, 0.4) is 0 Å². The van der Waals surface area contributed by atoms with Crippen LogP contribution in [-0.4, -0.2) is 16.9 Å². The van der Waals surface area contributed by atoms with Gasteiger partial charge in [0.2, 0.25) is 5.91 Å². The van der Waals surface area contributed by atoms with Gasteiger partial charge in [-0.1, -0.05) is 6.07 Å². The van der Waals surface area contributed by atoms with Crippen LogP contribution in [0.4, 0.5) is 5.69 Å². The number of rotatable bonds is 4. The number of hydrogen-bond acceptors (Lipinski definition) is 4. The summed E-state index contributed by atoms with van der Waals surface area (Å²) in [7, 11) is 0. The van der Waals surface area contributed by atoms with Gasteiger partial charge in [0.25, 0.3) is 0 Å². The van der Waals surface area contributed by atoms with Gasteiger partial charge in [0.15, 0.2) is 0 Å². The molecule has 2 aromatic rings. The highest BCUT2D eigenvalue weighted by molar-refractivity contribution is 5.92. The number of amides is 1. The number of nitrogens with one attached hydrogen (secondary N) is 1. The highest BCUT2D eigenvalue weighted by Gasteiger charge is 2.27. The van der Waals surface area contributed by atoms with Gasteiger partial charge in [-0.3, -0.25) is 9.78 Å². The highest BCUT2D eigenvalue weighted by Crippen LogP contribution is 2.27. The van der Waals surface area contributed by atoms with Gasteiger partial charge in [0.1, 0.15) is 11.5 Å². The van der Waals surface area contributed by atoms with Crippen molar-refractivity contribution in [1.82, 2.24) is 4.98 Å². The van der Waals surface area contributed by atoms with Crippen LogP contribution in [0.2, 0.25) is 0 Å². The second-order valence-corrected chi connectivity index (χ2v) is 5.57. The molecule has 2 unspecified atom stereocenters. The number of benzene rings is 1. The van der Waals surface area contributed by atoms with Crippen molar-refractivity contribution in [3.05, 3.63) is 48.8 Å². The monoisotopic (exact) mass is 297 g/mol. The van der Waals surface area contributed by atoms with Gasteiger partial charge in [-0.2, -0.15) is 0 Å². The molecule has 0 aliphatic heterocycles. The lowest BCUT2D eigenvalue weighted by molar-refractivity contribution is -0.119. The van der Waals surface area contributed by atoms with E-state index in [1.54, 1.807) is 24.5 Å². The van der Waals surface area contributed by atoms with E-state index in [4.69, 9.17) is 10.5 Å². The van der Waals surface area contributed by atoms with E-state index in [9.17, 15) is 4.79 Å². The van der Waals surface area contributed by atoms with Gasteiger partial charge in [-0.05, 0) is 43.5 Å². The van der Waals surface area contributed by atoms with E-state index in [1.807, 2.05) is 24.3 Å². The summed E-state index contributed by atoms with van der Waals surface area (Å²) in [5, 5.41) is 2.94. The van der Waals surface area contributed by atoms with Gasteiger partial charge >= 0.3 is 0 Å². The molecule has 0 bridgehead atoms. The third-order valence-corrected chi connectivity index (χ3v) is 3.83. The van der Waals surface area contributed by atoms with Crippen molar-refractivity contribution in [3.63, 3.8) is 0 Å². The molecular weight excluding hydrogens is 278 g/mol. The van der Waals surface area contributed by atoms with Crippen molar-refractivity contribution in [3.8, 4) is 11.5 Å². The standard InChI is InChI=1S/C17H19N3O2/c18-13-5-4-12(10-13)17(21)20-14-2-1-3-16(11-14)22-15-6-8-19-9-7-15/h1-3,6-9,11-13H,4-5,10,18H2,(H,20,21). The molecule has 2 atom stereocenters. The molecule has 1 saturated carbocycles. The second kappa shape index (κ2) is 6.58. The number of nitrogens with zero attached hydrogens (tertiary/aromatic N) is 1. The molecule has 1 aliphatic rings. The molecule has 0 saturated heterocycles. The van der Waals surface area contributed by atoms with Crippen LogP contribution in [0, 0.1) is 5.92 Å². The Bertz CT molecular complexity index is 645. The van der Waals surface area contributed by atoms with Crippen molar-refractivity contribution in [2.75, 3.05) is 5.32 Å². The van der Waals surface area contributed by atoms with Gasteiger partial charge in [0, 0.05) is 36.1 Å². The highest BCUT2D eigenvalue weighted by atomic mass is 16.5. The molecule has 0 spiro atoms. The second-order valence-electron chi connectivity index (χ2n) is 5.57. The van der Waals surface area contributed by atoms with Crippen LogP contribution in [0.25, 0.3) is 0 Å². The molecule has 1 amide bonds. The number of carbonyl (C=O) groups excluding carboxylic acids is 1. The first kappa shape index (κ1) is 14.5. The van der Waals surface area contributed by atoms with E-state index in [2.05, 4.69) is 10.3 Å². The lowest BCUT2D eigenvalue weighted by Crippen LogP contribution is -2.23. The molecule has 3 rings (SSSR count). The Morgan fingerprint density at radius 3 is 2.73 bits per heavy atom. The van der Waals surface area contributed by atoms with Crippen LogP contribution in [0.5, 0.6) is 11.5 Å². The molecule has 22 heavy (non-hydrogen) atoms. The first-order chi connectivity index (χ1) is 10.7. The van der Waals surface area contributed by atoms with E-state index < -0.39 is 0 Å². The fraction of sp³-hybridized carbons (Fsp3) is 0.294. The normalized spacial score (nSPS) is 20.6. The zero-order valence-corrected chi connectivity index (χ0v) is 12.2. The average molecular weight is 297 g/mol. The number of carbonyl (C=O) groups is 1. The van der Waals surface area contributed by atoms with Gasteiger partial charge in [-0.25, -0.2) is 0 Å². The first-order valence-corrected chi connectivity index (χ1v) is 7.45. The summed E-state index contributed by atoms with van der Waals surface area (Å²) in [6, 6.07) is 11.1. The Morgan fingerprint density at radius 2 is 2.00 bits per heavy atom. The largest absolute Gasteiger partial charge is 0.457 e. The minimum absolute atomic E-state index is 0.0137. The summed E-state index contributed by atoms with van der Waals surface area (Å²) < 4.78 is 5.73. The van der Waals surface area contributed by atoms with Gasteiger partial charge in [-0.15, -0.1) is 0 Å². The van der Waals surface area contributed by atoms with Crippen LogP contribution in [0.1, 0.15) is 19.3 Å². The molecule has 3 N–H and O–H groups in total. The van der Waals surface area contributed by atoms with Crippen molar-refractivity contribution >= 4 is 11.6 Å². The lowest BCUT2D eigenvalue weighted by Gasteiger charge is -2.12. The number of ether oxygens (including phenoxy) is 1. The van der Waals surface area contributed by atoms with Gasteiger partial charge in [0.05, 0.1) is 0 Å². The minimum atomic E-state index is 0.0137. The summed E-state index contributed by atoms with van der Waals surface area (Å²) in [5.74, 6) is 1.43. The maximum Gasteiger partial charge on any atom is 0.227 e. The van der Waals surface area contributed by atoms with Crippen LogP contribution < -0.4 is 15.8 Å². The average Bonchev–Trinajstić information content (AvgIpc) is 2.95. The summed E-state index contributed by atoms with van der Waals surface area (Å²) in [6.07, 6.45) is 5.89. The summed E-state index contributed by atoms with van der Waals surface area (Å²) in [4.78, 5) is 16.2. The number of aromatic nitrogens is 1. The number of anilines is 1. The molecule has 1 heterocycles. The van der Waals surface area contributed by atoms with Crippen molar-refractivity contribution in [2.45, 2.75) is 25.3 Å². The first-order valence-electron chi connectivity index (χ1n) is 7.45. The predicted molar refractivity (Wildman–Crippen MR) is 84.7 cm³/mol. The molecule has 1 aromatic heterocycles. The Balaban J connectivity index is 1.65. The van der Waals surface area contributed by atoms with Crippen molar-refractivity contribution in [1.29, 1.82) is 0 Å². The lowest BCUT2D eigenvalue weighted by atomic mass is 10.1. The third kappa shape index (κ3) is 3.62. The third-order valence-electron chi connectivity index (χ3n) is 3.83. The summed E-state index contributed by atoms with van der Waals surface area (Å²) in [6.45, 7) is 0. The summed E-state index contributed by atoms with van der Waals surface area (Å²) in [5.41, 5.74) is 6.59. The fourth-order valence-corrected chi connectivity index (χ4v) is 2.68. The van der Waals surface area contributed by atoms with Crippen molar-refractivity contribution < 1.29 is 9.53 Å². The van der Waals surface area contributed by atoms with Crippen LogP contribution in [0.15, 0.2) is 48.8 Å². The van der Waals surface area contributed by atoms with E-state index in [1.165, 1.54) is 0 Å². The molecule has 1 fully saturated rings. The maximum absolute atomic E-state index is 12.2.